The number of aryl methyl sites for hydroxylation is 1. The first-order valence-electron chi connectivity index (χ1n) is 9.81. The summed E-state index contributed by atoms with van der Waals surface area (Å²) in [5.41, 5.74) is 1.58. The number of halogens is 1. The number of rotatable bonds is 6. The van der Waals surface area contributed by atoms with E-state index in [4.69, 9.17) is 4.74 Å². The lowest BCUT2D eigenvalue weighted by Gasteiger charge is -2.28. The molecule has 0 bridgehead atoms. The number of ether oxygens (including phenoxy) is 1. The van der Waals surface area contributed by atoms with Crippen molar-refractivity contribution in [3.63, 3.8) is 0 Å². The lowest BCUT2D eigenvalue weighted by molar-refractivity contribution is -0.159. The number of amides is 1. The van der Waals surface area contributed by atoms with Gasteiger partial charge in [-0.15, -0.1) is 0 Å². The van der Waals surface area contributed by atoms with Gasteiger partial charge in [0, 0.05) is 5.69 Å². The van der Waals surface area contributed by atoms with Gasteiger partial charge in [0.25, 0.3) is 5.91 Å². The summed E-state index contributed by atoms with van der Waals surface area (Å²) in [6.45, 7) is 3.62. The van der Waals surface area contributed by atoms with E-state index in [1.807, 2.05) is 24.3 Å². The molecule has 148 valence electrons. The highest BCUT2D eigenvalue weighted by atomic mass is 19.1. The minimum Gasteiger partial charge on any atom is -0.452 e. The van der Waals surface area contributed by atoms with E-state index >= 15 is 0 Å². The molecule has 2 aromatic carbocycles. The van der Waals surface area contributed by atoms with Crippen molar-refractivity contribution in [1.29, 1.82) is 0 Å². The number of nitrogens with one attached hydrogen (secondary N) is 1. The first-order valence-corrected chi connectivity index (χ1v) is 9.81. The van der Waals surface area contributed by atoms with Crippen LogP contribution in [0.15, 0.2) is 48.5 Å². The predicted octanol–water partition coefficient (Wildman–Crippen LogP) is 4.77. The number of esters is 1. The van der Waals surface area contributed by atoms with Gasteiger partial charge in [-0.3, -0.25) is 9.59 Å². The fourth-order valence-corrected chi connectivity index (χ4v) is 3.77. The smallest absolute Gasteiger partial charge is 0.317 e. The van der Waals surface area contributed by atoms with E-state index in [0.717, 1.165) is 19.3 Å². The second-order valence-electron chi connectivity index (χ2n) is 7.39. The van der Waals surface area contributed by atoms with Gasteiger partial charge in [0.15, 0.2) is 6.10 Å². The van der Waals surface area contributed by atoms with Crippen LogP contribution in [-0.4, -0.2) is 18.0 Å². The maximum Gasteiger partial charge on any atom is 0.317 e. The van der Waals surface area contributed by atoms with Crippen LogP contribution < -0.4 is 5.32 Å². The zero-order valence-electron chi connectivity index (χ0n) is 16.3. The highest BCUT2D eigenvalue weighted by molar-refractivity contribution is 5.96. The molecule has 0 aromatic heterocycles. The quantitative estimate of drug-likeness (QED) is 0.731. The third-order valence-corrected chi connectivity index (χ3v) is 5.51. The molecule has 1 fully saturated rings. The molecule has 3 rings (SSSR count). The van der Waals surface area contributed by atoms with Crippen molar-refractivity contribution < 1.29 is 18.7 Å². The molecule has 0 heterocycles. The van der Waals surface area contributed by atoms with E-state index in [2.05, 4.69) is 12.2 Å². The number of benzene rings is 2. The minimum absolute atomic E-state index is 0.377. The van der Waals surface area contributed by atoms with Gasteiger partial charge in [-0.2, -0.15) is 0 Å². The van der Waals surface area contributed by atoms with E-state index in [-0.39, 0.29) is 11.7 Å². The Hall–Kier alpha value is -2.69. The summed E-state index contributed by atoms with van der Waals surface area (Å²) in [6, 6.07) is 13.7. The highest BCUT2D eigenvalue weighted by Crippen LogP contribution is 2.42. The van der Waals surface area contributed by atoms with Gasteiger partial charge in [0.2, 0.25) is 0 Å². The van der Waals surface area contributed by atoms with Crippen LogP contribution >= 0.6 is 0 Å². The van der Waals surface area contributed by atoms with E-state index in [1.165, 1.54) is 17.7 Å². The topological polar surface area (TPSA) is 55.4 Å². The zero-order valence-corrected chi connectivity index (χ0v) is 16.3. The molecule has 0 saturated heterocycles. The van der Waals surface area contributed by atoms with Gasteiger partial charge in [0.05, 0.1) is 5.41 Å². The van der Waals surface area contributed by atoms with Crippen molar-refractivity contribution in [2.45, 2.75) is 57.5 Å². The lowest BCUT2D eigenvalue weighted by Crippen LogP contribution is -2.40. The molecule has 2 aromatic rings. The van der Waals surface area contributed by atoms with Crippen molar-refractivity contribution in [2.75, 3.05) is 5.32 Å². The van der Waals surface area contributed by atoms with Gasteiger partial charge < -0.3 is 10.1 Å². The molecule has 5 heteroatoms. The fraction of sp³-hybridized carbons (Fsp3) is 0.391. The largest absolute Gasteiger partial charge is 0.452 e. The number of carbonyl (C=O) groups excluding carboxylic acids is 2. The summed E-state index contributed by atoms with van der Waals surface area (Å²) in [5, 5.41) is 2.77. The average Bonchev–Trinajstić information content (AvgIpc) is 3.20. The van der Waals surface area contributed by atoms with Crippen molar-refractivity contribution in [1.82, 2.24) is 0 Å². The third-order valence-electron chi connectivity index (χ3n) is 5.51. The van der Waals surface area contributed by atoms with Gasteiger partial charge in [-0.25, -0.2) is 4.39 Å². The number of carbonyl (C=O) groups is 2. The molecule has 1 aliphatic rings. The highest BCUT2D eigenvalue weighted by Gasteiger charge is 2.45. The van der Waals surface area contributed by atoms with E-state index in [1.54, 1.807) is 19.1 Å². The summed E-state index contributed by atoms with van der Waals surface area (Å²) in [7, 11) is 0. The Kier molecular flexibility index (Phi) is 6.12. The Balaban J connectivity index is 1.69. The molecule has 1 N–H and O–H groups in total. The van der Waals surface area contributed by atoms with Crippen LogP contribution in [0.1, 0.15) is 50.7 Å². The summed E-state index contributed by atoms with van der Waals surface area (Å²) < 4.78 is 19.3. The standard InChI is InChI=1S/C23H26FNO3/c1-3-17-9-11-20(12-10-17)25-21(26)16(2)28-22(27)23(13-4-5-14-23)18-7-6-8-19(24)15-18/h6-12,15-16H,3-5,13-14H2,1-2H3,(H,25,26). The normalized spacial score (nSPS) is 16.4. The Morgan fingerprint density at radius 1 is 1.14 bits per heavy atom. The maximum atomic E-state index is 13.7. The molecule has 0 spiro atoms. The maximum absolute atomic E-state index is 13.7. The van der Waals surface area contributed by atoms with E-state index < -0.39 is 17.5 Å². The molecular formula is C23H26FNO3. The molecule has 1 atom stereocenters. The second kappa shape index (κ2) is 8.55. The fourth-order valence-electron chi connectivity index (χ4n) is 3.77. The summed E-state index contributed by atoms with van der Waals surface area (Å²) in [5.74, 6) is -1.22. The van der Waals surface area contributed by atoms with Crippen molar-refractivity contribution in [3.8, 4) is 0 Å². The molecular weight excluding hydrogens is 357 g/mol. The Morgan fingerprint density at radius 3 is 2.43 bits per heavy atom. The molecule has 0 aliphatic heterocycles. The van der Waals surface area contributed by atoms with Crippen LogP contribution in [0.3, 0.4) is 0 Å². The Morgan fingerprint density at radius 2 is 1.82 bits per heavy atom. The summed E-state index contributed by atoms with van der Waals surface area (Å²) in [6.07, 6.45) is 2.92. The van der Waals surface area contributed by atoms with Crippen molar-refractivity contribution >= 4 is 17.6 Å². The van der Waals surface area contributed by atoms with Crippen LogP contribution in [0.2, 0.25) is 0 Å². The summed E-state index contributed by atoms with van der Waals surface area (Å²) >= 11 is 0. The van der Waals surface area contributed by atoms with Crippen LogP contribution in [0.25, 0.3) is 0 Å². The number of hydrogen-bond acceptors (Lipinski definition) is 3. The van der Waals surface area contributed by atoms with E-state index in [9.17, 15) is 14.0 Å². The van der Waals surface area contributed by atoms with Crippen LogP contribution in [0.5, 0.6) is 0 Å². The Bertz CT molecular complexity index is 841. The van der Waals surface area contributed by atoms with Crippen molar-refractivity contribution in [3.05, 3.63) is 65.5 Å². The monoisotopic (exact) mass is 383 g/mol. The van der Waals surface area contributed by atoms with Gasteiger partial charge in [0.1, 0.15) is 5.82 Å². The van der Waals surface area contributed by atoms with Crippen LogP contribution in [0, 0.1) is 5.82 Å². The SMILES string of the molecule is CCc1ccc(NC(=O)C(C)OC(=O)C2(c3cccc(F)c3)CCCC2)cc1. The second-order valence-corrected chi connectivity index (χ2v) is 7.39. The molecule has 28 heavy (non-hydrogen) atoms. The van der Waals surface area contributed by atoms with Gasteiger partial charge >= 0.3 is 5.97 Å². The first-order chi connectivity index (χ1) is 13.4. The number of hydrogen-bond donors (Lipinski definition) is 1. The summed E-state index contributed by atoms with van der Waals surface area (Å²) in [4.78, 5) is 25.5. The molecule has 1 unspecified atom stereocenters. The molecule has 1 amide bonds. The Labute approximate surface area is 165 Å². The third kappa shape index (κ3) is 4.24. The molecule has 1 saturated carbocycles. The minimum atomic E-state index is -0.940. The molecule has 1 aliphatic carbocycles. The van der Waals surface area contributed by atoms with Crippen LogP contribution in [0.4, 0.5) is 10.1 Å². The molecule has 0 radical (unpaired) electrons. The zero-order chi connectivity index (χ0) is 20.1. The molecule has 4 nitrogen and oxygen atoms in total. The van der Waals surface area contributed by atoms with E-state index in [0.29, 0.717) is 24.1 Å². The first kappa shape index (κ1) is 20.1. The average molecular weight is 383 g/mol. The number of anilines is 1. The van der Waals surface area contributed by atoms with Crippen molar-refractivity contribution in [2.24, 2.45) is 0 Å². The van der Waals surface area contributed by atoms with Crippen LogP contribution in [-0.2, 0) is 26.2 Å². The lowest BCUT2D eigenvalue weighted by atomic mass is 9.79. The van der Waals surface area contributed by atoms with Gasteiger partial charge in [-0.1, -0.05) is 44.0 Å². The predicted molar refractivity (Wildman–Crippen MR) is 107 cm³/mol. The van der Waals surface area contributed by atoms with Gasteiger partial charge in [-0.05, 0) is 61.6 Å².